The third kappa shape index (κ3) is 2.37. The highest BCUT2D eigenvalue weighted by Gasteiger charge is 2.31. The van der Waals surface area contributed by atoms with Gasteiger partial charge in [0.05, 0.1) is 0 Å². The molecule has 0 aromatic rings. The van der Waals surface area contributed by atoms with Gasteiger partial charge in [-0.2, -0.15) is 0 Å². The van der Waals surface area contributed by atoms with Crippen molar-refractivity contribution >= 4 is 11.6 Å². The molecule has 0 heterocycles. The van der Waals surface area contributed by atoms with Crippen molar-refractivity contribution < 1.29 is 0 Å². The Hall–Kier alpha value is 0.290. The van der Waals surface area contributed by atoms with Gasteiger partial charge in [-0.1, -0.05) is 32.6 Å². The van der Waals surface area contributed by atoms with Gasteiger partial charge in [-0.05, 0) is 24.7 Å². The fraction of sp³-hybridized carbons (Fsp3) is 1.00. The highest BCUT2D eigenvalue weighted by Crippen LogP contribution is 2.42. The van der Waals surface area contributed by atoms with Gasteiger partial charge in [0.15, 0.2) is 0 Å². The second-order valence-electron chi connectivity index (χ2n) is 3.94. The van der Waals surface area contributed by atoms with Gasteiger partial charge in [-0.15, -0.1) is 11.6 Å². The Bertz CT molecular complexity index is 103. The van der Waals surface area contributed by atoms with Crippen molar-refractivity contribution in [2.45, 2.75) is 51.9 Å². The van der Waals surface area contributed by atoms with Crippen molar-refractivity contribution in [1.82, 2.24) is 0 Å². The molecule has 0 saturated heterocycles. The molecule has 0 aliphatic heterocycles. The van der Waals surface area contributed by atoms with Gasteiger partial charge in [0.1, 0.15) is 0 Å². The molecule has 0 unspecified atom stereocenters. The summed E-state index contributed by atoms with van der Waals surface area (Å²) in [6.07, 6.45) is 9.65. The van der Waals surface area contributed by atoms with E-state index < -0.39 is 0 Å². The zero-order chi connectivity index (χ0) is 8.16. The molecule has 11 heavy (non-hydrogen) atoms. The zero-order valence-electron chi connectivity index (χ0n) is 7.53. The molecule has 0 spiro atoms. The molecule has 1 heteroatoms. The van der Waals surface area contributed by atoms with Gasteiger partial charge in [0.2, 0.25) is 0 Å². The van der Waals surface area contributed by atoms with Crippen LogP contribution in [0.2, 0.25) is 0 Å². The lowest BCUT2D eigenvalue weighted by Gasteiger charge is -2.25. The summed E-state index contributed by atoms with van der Waals surface area (Å²) in [4.78, 5) is 0. The first kappa shape index (κ1) is 9.38. The van der Waals surface area contributed by atoms with Crippen LogP contribution in [-0.2, 0) is 0 Å². The number of hydrogen-bond acceptors (Lipinski definition) is 0. The molecule has 0 aromatic carbocycles. The van der Waals surface area contributed by atoms with Gasteiger partial charge in [-0.3, -0.25) is 0 Å². The number of hydrogen-bond donors (Lipinski definition) is 0. The fourth-order valence-corrected chi connectivity index (χ4v) is 2.53. The van der Waals surface area contributed by atoms with Crippen LogP contribution in [0.25, 0.3) is 0 Å². The molecule has 0 amide bonds. The monoisotopic (exact) mass is 174 g/mol. The van der Waals surface area contributed by atoms with Gasteiger partial charge < -0.3 is 0 Å². The maximum Gasteiger partial charge on any atom is 0.0279 e. The summed E-state index contributed by atoms with van der Waals surface area (Å²) < 4.78 is 0. The molecule has 0 atom stereocenters. The van der Waals surface area contributed by atoms with Gasteiger partial charge in [-0.25, -0.2) is 0 Å². The third-order valence-corrected chi connectivity index (χ3v) is 3.58. The molecule has 1 rings (SSSR count). The maximum atomic E-state index is 6.00. The molecule has 0 bridgehead atoms. The average molecular weight is 175 g/mol. The maximum absolute atomic E-state index is 6.00. The van der Waals surface area contributed by atoms with E-state index in [0.717, 1.165) is 5.88 Å². The van der Waals surface area contributed by atoms with E-state index in [1.54, 1.807) is 0 Å². The Kier molecular flexibility index (Phi) is 3.71. The fourth-order valence-electron chi connectivity index (χ4n) is 2.13. The highest BCUT2D eigenvalue weighted by molar-refractivity contribution is 6.18. The molecule has 1 saturated carbocycles. The van der Waals surface area contributed by atoms with E-state index in [9.17, 15) is 0 Å². The van der Waals surface area contributed by atoms with Crippen LogP contribution in [0.5, 0.6) is 0 Å². The molecule has 1 fully saturated rings. The molecule has 0 N–H and O–H groups in total. The van der Waals surface area contributed by atoms with Gasteiger partial charge in [0.25, 0.3) is 0 Å². The van der Waals surface area contributed by atoms with E-state index in [1.165, 1.54) is 44.9 Å². The van der Waals surface area contributed by atoms with Gasteiger partial charge >= 0.3 is 0 Å². The van der Waals surface area contributed by atoms with Crippen molar-refractivity contribution in [3.63, 3.8) is 0 Å². The largest absolute Gasteiger partial charge is 0.126 e. The zero-order valence-corrected chi connectivity index (χ0v) is 8.29. The summed E-state index contributed by atoms with van der Waals surface area (Å²) >= 11 is 6.00. The molecular formula is C10H19Cl. The number of alkyl halides is 1. The van der Waals surface area contributed by atoms with E-state index in [0.29, 0.717) is 5.41 Å². The second kappa shape index (κ2) is 4.35. The van der Waals surface area contributed by atoms with E-state index in [2.05, 4.69) is 6.92 Å². The predicted octanol–water partition coefficient (Wildman–Crippen LogP) is 3.98. The lowest BCUT2D eigenvalue weighted by atomic mass is 9.83. The van der Waals surface area contributed by atoms with Crippen LogP contribution in [-0.4, -0.2) is 5.88 Å². The quantitative estimate of drug-likeness (QED) is 0.566. The van der Waals surface area contributed by atoms with Crippen LogP contribution in [0, 0.1) is 5.41 Å². The number of unbranched alkanes of at least 4 members (excludes halogenated alkanes) is 1. The van der Waals surface area contributed by atoms with Crippen LogP contribution in [0.4, 0.5) is 0 Å². The summed E-state index contributed by atoms with van der Waals surface area (Å²) in [6, 6.07) is 0. The van der Waals surface area contributed by atoms with E-state index in [-0.39, 0.29) is 0 Å². The molecular weight excluding hydrogens is 156 g/mol. The van der Waals surface area contributed by atoms with E-state index in [4.69, 9.17) is 11.6 Å². The Morgan fingerprint density at radius 1 is 1.27 bits per heavy atom. The normalized spacial score (nSPS) is 22.4. The molecule has 0 aromatic heterocycles. The first-order chi connectivity index (χ1) is 5.33. The van der Waals surface area contributed by atoms with Crippen molar-refractivity contribution in [3.8, 4) is 0 Å². The summed E-state index contributed by atoms with van der Waals surface area (Å²) in [7, 11) is 0. The van der Waals surface area contributed by atoms with Crippen molar-refractivity contribution in [2.75, 3.05) is 5.88 Å². The Morgan fingerprint density at radius 2 is 1.91 bits per heavy atom. The summed E-state index contributed by atoms with van der Waals surface area (Å²) in [5, 5.41) is 0. The average Bonchev–Trinajstić information content (AvgIpc) is 2.50. The van der Waals surface area contributed by atoms with Crippen molar-refractivity contribution in [3.05, 3.63) is 0 Å². The minimum Gasteiger partial charge on any atom is -0.126 e. The van der Waals surface area contributed by atoms with Gasteiger partial charge in [0, 0.05) is 5.88 Å². The van der Waals surface area contributed by atoms with Crippen LogP contribution >= 0.6 is 11.6 Å². The van der Waals surface area contributed by atoms with E-state index >= 15 is 0 Å². The highest BCUT2D eigenvalue weighted by atomic mass is 35.5. The first-order valence-corrected chi connectivity index (χ1v) is 5.42. The molecule has 0 radical (unpaired) electrons. The van der Waals surface area contributed by atoms with Crippen molar-refractivity contribution in [2.24, 2.45) is 5.41 Å². The minimum absolute atomic E-state index is 0.553. The summed E-state index contributed by atoms with van der Waals surface area (Å²) in [6.45, 7) is 2.26. The SMILES string of the molecule is CCCCC1(CCl)CCCC1. The Labute approximate surface area is 75.3 Å². The van der Waals surface area contributed by atoms with Crippen LogP contribution in [0.15, 0.2) is 0 Å². The number of rotatable bonds is 4. The summed E-state index contributed by atoms with van der Waals surface area (Å²) in [5.74, 6) is 0.896. The number of halogens is 1. The molecule has 66 valence electrons. The molecule has 1 aliphatic carbocycles. The standard InChI is InChI=1S/C10H19Cl/c1-2-3-6-10(9-11)7-4-5-8-10/h2-9H2,1H3. The molecule has 0 nitrogen and oxygen atoms in total. The second-order valence-corrected chi connectivity index (χ2v) is 4.21. The third-order valence-electron chi connectivity index (χ3n) is 3.01. The van der Waals surface area contributed by atoms with Crippen LogP contribution < -0.4 is 0 Å². The topological polar surface area (TPSA) is 0 Å². The smallest absolute Gasteiger partial charge is 0.0279 e. The predicted molar refractivity (Wildman–Crippen MR) is 51.1 cm³/mol. The molecule has 1 aliphatic rings. The Morgan fingerprint density at radius 3 is 2.36 bits per heavy atom. The Balaban J connectivity index is 2.33. The lowest BCUT2D eigenvalue weighted by Crippen LogP contribution is -2.17. The van der Waals surface area contributed by atoms with E-state index in [1.807, 2.05) is 0 Å². The lowest BCUT2D eigenvalue weighted by molar-refractivity contribution is 0.304. The minimum atomic E-state index is 0.553. The van der Waals surface area contributed by atoms with Crippen LogP contribution in [0.3, 0.4) is 0 Å². The summed E-state index contributed by atoms with van der Waals surface area (Å²) in [5.41, 5.74) is 0.553. The first-order valence-electron chi connectivity index (χ1n) is 4.89. The van der Waals surface area contributed by atoms with Crippen LogP contribution in [0.1, 0.15) is 51.9 Å². The van der Waals surface area contributed by atoms with Crippen molar-refractivity contribution in [1.29, 1.82) is 0 Å².